The van der Waals surface area contributed by atoms with E-state index in [0.717, 1.165) is 5.56 Å². The zero-order chi connectivity index (χ0) is 19.4. The molecule has 0 radical (unpaired) electrons. The van der Waals surface area contributed by atoms with Gasteiger partial charge in [0.05, 0.1) is 35.2 Å². The Morgan fingerprint density at radius 1 is 1.11 bits per heavy atom. The molecular formula is C22H23N3O2. The second-order valence-electron chi connectivity index (χ2n) is 7.42. The van der Waals surface area contributed by atoms with Crippen LogP contribution in [0.1, 0.15) is 37.9 Å². The van der Waals surface area contributed by atoms with E-state index in [0.29, 0.717) is 23.3 Å². The molecule has 0 aliphatic rings. The predicted octanol–water partition coefficient (Wildman–Crippen LogP) is 3.87. The van der Waals surface area contributed by atoms with E-state index in [4.69, 9.17) is 4.74 Å². The Bertz CT molecular complexity index is 1030. The zero-order valence-electron chi connectivity index (χ0n) is 15.8. The monoisotopic (exact) mass is 361 g/mol. The Morgan fingerprint density at radius 2 is 1.78 bits per heavy atom. The molecule has 27 heavy (non-hydrogen) atoms. The van der Waals surface area contributed by atoms with Crippen molar-refractivity contribution in [3.8, 4) is 6.07 Å². The second kappa shape index (κ2) is 7.73. The van der Waals surface area contributed by atoms with E-state index < -0.39 is 0 Å². The molecule has 1 aromatic heterocycles. The zero-order valence-corrected chi connectivity index (χ0v) is 15.8. The molecule has 3 aromatic rings. The number of benzene rings is 2. The largest absolute Gasteiger partial charge is 0.375 e. The molecule has 0 aliphatic heterocycles. The predicted molar refractivity (Wildman–Crippen MR) is 106 cm³/mol. The summed E-state index contributed by atoms with van der Waals surface area (Å²) < 4.78 is 7.50. The fourth-order valence-corrected chi connectivity index (χ4v) is 3.02. The number of nitriles is 1. The minimum Gasteiger partial charge on any atom is -0.375 e. The normalized spacial score (nSPS) is 12.7. The summed E-state index contributed by atoms with van der Waals surface area (Å²) in [5.41, 5.74) is 2.14. The van der Waals surface area contributed by atoms with Gasteiger partial charge in [0.15, 0.2) is 0 Å². The van der Waals surface area contributed by atoms with Crippen LogP contribution in [0.3, 0.4) is 0 Å². The van der Waals surface area contributed by atoms with Gasteiger partial charge in [0, 0.05) is 0 Å². The van der Waals surface area contributed by atoms with Gasteiger partial charge in [0.25, 0.3) is 5.56 Å². The average Bonchev–Trinajstić information content (AvgIpc) is 2.65. The van der Waals surface area contributed by atoms with Crippen LogP contribution in [0.4, 0.5) is 0 Å². The van der Waals surface area contributed by atoms with E-state index >= 15 is 0 Å². The molecule has 0 N–H and O–H groups in total. The van der Waals surface area contributed by atoms with Gasteiger partial charge in [-0.05, 0) is 38.5 Å². The number of ether oxygens (including phenoxy) is 1. The molecular weight excluding hydrogens is 338 g/mol. The lowest BCUT2D eigenvalue weighted by Gasteiger charge is -2.25. The van der Waals surface area contributed by atoms with E-state index in [1.54, 1.807) is 0 Å². The molecule has 2 aromatic carbocycles. The third kappa shape index (κ3) is 4.24. The highest BCUT2D eigenvalue weighted by molar-refractivity contribution is 5.74. The van der Waals surface area contributed by atoms with Gasteiger partial charge < -0.3 is 4.74 Å². The van der Waals surface area contributed by atoms with E-state index in [1.165, 1.54) is 4.57 Å². The van der Waals surface area contributed by atoms with Crippen LogP contribution in [0.5, 0.6) is 0 Å². The Kier molecular flexibility index (Phi) is 5.38. The van der Waals surface area contributed by atoms with Gasteiger partial charge in [-0.15, -0.1) is 0 Å². The topological polar surface area (TPSA) is 67.9 Å². The summed E-state index contributed by atoms with van der Waals surface area (Å²) in [6, 6.07) is 19.2. The Labute approximate surface area is 158 Å². The molecule has 5 nitrogen and oxygen atoms in total. The maximum absolute atomic E-state index is 13.2. The highest BCUT2D eigenvalue weighted by atomic mass is 16.5. The maximum atomic E-state index is 13.2. The fourth-order valence-electron chi connectivity index (χ4n) is 3.02. The smallest absolute Gasteiger partial charge is 0.274 e. The van der Waals surface area contributed by atoms with Crippen LogP contribution >= 0.6 is 0 Å². The van der Waals surface area contributed by atoms with Crippen molar-refractivity contribution in [2.24, 2.45) is 0 Å². The van der Waals surface area contributed by atoms with Crippen LogP contribution in [0.2, 0.25) is 0 Å². The first-order valence-electron chi connectivity index (χ1n) is 8.96. The van der Waals surface area contributed by atoms with Crippen molar-refractivity contribution in [2.75, 3.05) is 6.61 Å². The number of rotatable bonds is 5. The Hall–Kier alpha value is -2.97. The fraction of sp³-hybridized carbons (Fsp3) is 0.318. The number of para-hydroxylation sites is 2. The lowest BCUT2D eigenvalue weighted by atomic mass is 9.96. The number of hydrogen-bond acceptors (Lipinski definition) is 4. The van der Waals surface area contributed by atoms with Gasteiger partial charge in [-0.1, -0.05) is 42.5 Å². The molecule has 138 valence electrons. The second-order valence-corrected chi connectivity index (χ2v) is 7.42. The number of fused-ring (bicyclic) bond motifs is 1. The van der Waals surface area contributed by atoms with E-state index in [2.05, 4.69) is 11.1 Å². The Balaban J connectivity index is 2.19. The molecule has 1 atom stereocenters. The quantitative estimate of drug-likeness (QED) is 0.692. The number of hydrogen-bond donors (Lipinski definition) is 0. The molecule has 0 saturated heterocycles. The molecule has 0 spiro atoms. The summed E-state index contributed by atoms with van der Waals surface area (Å²) in [6.07, 6.45) is 0. The van der Waals surface area contributed by atoms with Gasteiger partial charge >= 0.3 is 0 Å². The summed E-state index contributed by atoms with van der Waals surface area (Å²) in [4.78, 5) is 17.9. The maximum Gasteiger partial charge on any atom is 0.274 e. The lowest BCUT2D eigenvalue weighted by molar-refractivity contribution is -0.00716. The molecule has 1 heterocycles. The minimum absolute atomic E-state index is 0.0174. The van der Waals surface area contributed by atoms with Gasteiger partial charge in [0.1, 0.15) is 12.2 Å². The van der Waals surface area contributed by atoms with Gasteiger partial charge in [-0.2, -0.15) is 5.26 Å². The van der Waals surface area contributed by atoms with Crippen LogP contribution in [0.15, 0.2) is 59.4 Å². The molecule has 0 aliphatic carbocycles. The first kappa shape index (κ1) is 18.8. The lowest BCUT2D eigenvalue weighted by Crippen LogP contribution is -2.31. The van der Waals surface area contributed by atoms with Crippen molar-refractivity contribution in [3.63, 3.8) is 0 Å². The molecule has 3 rings (SSSR count). The Morgan fingerprint density at radius 3 is 2.44 bits per heavy atom. The van der Waals surface area contributed by atoms with Gasteiger partial charge in [-0.3, -0.25) is 9.36 Å². The number of nitrogens with zero attached hydrogens (tertiary/aromatic N) is 3. The minimum atomic E-state index is -0.338. The SMILES string of the molecule is CC(C)(C)OCC(c1ccccc1)c1nc2ccccc2n(CC#N)c1=O. The van der Waals surface area contributed by atoms with Gasteiger partial charge in [-0.25, -0.2) is 4.98 Å². The average molecular weight is 361 g/mol. The van der Waals surface area contributed by atoms with Crippen molar-refractivity contribution >= 4 is 11.0 Å². The summed E-state index contributed by atoms with van der Waals surface area (Å²) in [7, 11) is 0. The van der Waals surface area contributed by atoms with Crippen LogP contribution in [0, 0.1) is 11.3 Å². The van der Waals surface area contributed by atoms with E-state index in [9.17, 15) is 10.1 Å². The van der Waals surface area contributed by atoms with Crippen molar-refractivity contribution in [3.05, 3.63) is 76.2 Å². The van der Waals surface area contributed by atoms with Gasteiger partial charge in [0.2, 0.25) is 0 Å². The van der Waals surface area contributed by atoms with Crippen LogP contribution in [-0.4, -0.2) is 21.8 Å². The first-order chi connectivity index (χ1) is 12.9. The highest BCUT2D eigenvalue weighted by Gasteiger charge is 2.24. The van der Waals surface area contributed by atoms with Crippen LogP contribution in [-0.2, 0) is 11.3 Å². The molecule has 0 fully saturated rings. The molecule has 1 unspecified atom stereocenters. The molecule has 0 bridgehead atoms. The van der Waals surface area contributed by atoms with Crippen molar-refractivity contribution in [1.29, 1.82) is 5.26 Å². The van der Waals surface area contributed by atoms with E-state index in [1.807, 2.05) is 75.4 Å². The standard InChI is InChI=1S/C22H23N3O2/c1-22(2,3)27-15-17(16-9-5-4-6-10-16)20-21(26)25(14-13-23)19-12-8-7-11-18(19)24-20/h4-12,17H,14-15H2,1-3H3. The van der Waals surface area contributed by atoms with E-state index in [-0.39, 0.29) is 23.6 Å². The van der Waals surface area contributed by atoms with Crippen molar-refractivity contribution in [2.45, 2.75) is 38.8 Å². The third-order valence-corrected chi connectivity index (χ3v) is 4.32. The third-order valence-electron chi connectivity index (χ3n) is 4.32. The highest BCUT2D eigenvalue weighted by Crippen LogP contribution is 2.25. The molecule has 0 amide bonds. The summed E-state index contributed by atoms with van der Waals surface area (Å²) in [6.45, 7) is 6.27. The number of aromatic nitrogens is 2. The van der Waals surface area contributed by atoms with Crippen LogP contribution in [0.25, 0.3) is 11.0 Å². The van der Waals surface area contributed by atoms with Crippen molar-refractivity contribution in [1.82, 2.24) is 9.55 Å². The molecule has 0 saturated carbocycles. The summed E-state index contributed by atoms with van der Waals surface area (Å²) in [5.74, 6) is -0.313. The first-order valence-corrected chi connectivity index (χ1v) is 8.96. The summed E-state index contributed by atoms with van der Waals surface area (Å²) >= 11 is 0. The van der Waals surface area contributed by atoms with Crippen LogP contribution < -0.4 is 5.56 Å². The molecule has 5 heteroatoms. The summed E-state index contributed by atoms with van der Waals surface area (Å²) in [5, 5.41) is 9.21. The van der Waals surface area contributed by atoms with Crippen molar-refractivity contribution < 1.29 is 4.74 Å².